The first kappa shape index (κ1) is 74.7. The molecule has 0 bridgehead atoms. The van der Waals surface area contributed by atoms with Gasteiger partial charge in [-0.1, -0.05) is 152 Å². The van der Waals surface area contributed by atoms with Gasteiger partial charge in [0.1, 0.15) is 5.78 Å². The van der Waals surface area contributed by atoms with Gasteiger partial charge in [0.05, 0.1) is 26.3 Å². The van der Waals surface area contributed by atoms with Crippen molar-refractivity contribution in [3.63, 3.8) is 0 Å². The maximum Gasteiger partial charge on any atom is 0.162 e. The first-order valence-corrected chi connectivity index (χ1v) is 41.7. The average molecular weight is 1370 g/mol. The summed E-state index contributed by atoms with van der Waals surface area (Å²) >= 11 is 0. The van der Waals surface area contributed by atoms with Gasteiger partial charge in [0.25, 0.3) is 0 Å². The van der Waals surface area contributed by atoms with Gasteiger partial charge >= 0.3 is 0 Å². The van der Waals surface area contributed by atoms with Gasteiger partial charge in [0.15, 0.2) is 22.8 Å². The first-order chi connectivity index (χ1) is 47.9. The van der Waals surface area contributed by atoms with Crippen LogP contribution in [-0.4, -0.2) is 29.2 Å². The molecule has 0 aromatic heterocycles. The Bertz CT molecular complexity index is 3710. The summed E-state index contributed by atoms with van der Waals surface area (Å²) in [5.74, 6) is 12.6. The minimum Gasteiger partial charge on any atom is -0.396 e. The largest absolute Gasteiger partial charge is 0.396 e. The van der Waals surface area contributed by atoms with Crippen LogP contribution in [0, 0.1) is 176 Å². The van der Waals surface area contributed by atoms with E-state index in [1.54, 1.807) is 22.3 Å². The lowest BCUT2D eigenvalue weighted by molar-refractivity contribution is -0.140. The van der Waals surface area contributed by atoms with Crippen molar-refractivity contribution in [2.45, 2.75) is 297 Å². The second kappa shape index (κ2) is 27.7. The van der Waals surface area contributed by atoms with Crippen LogP contribution in [0.5, 0.6) is 0 Å². The van der Waals surface area contributed by atoms with E-state index in [1.165, 1.54) is 170 Å². The number of nitrogens with zero attached hydrogens (tertiary/aromatic N) is 4. The Balaban J connectivity index is 0.000000120. The fourth-order valence-corrected chi connectivity index (χ4v) is 30.1. The van der Waals surface area contributed by atoms with Gasteiger partial charge in [-0.25, -0.2) is 19.4 Å². The molecule has 16 rings (SSSR count). The SMILES string of the molecule is [C-]#[N+]/C(C)=C1/CC[C@H]2[C@@H]3CC=C4C[C@@H](C)CC[C@]4(C)[C@H]3C(=O)C[C@]12C.[C-]#[N+]/C(C)=C1/CC[C@H]2[C@@H]3CC=C4C[C@@H](C)CC[C@]4(C)[C@H]3CC[C@]12C.[C-]#[N+]/C(C)=C1/CC[C@H]2[C@@H]3CC=C4C[C@@H](C)CC[C@]4(C)[C@H]3[C@@H](CO)C[C@]12C.[C-]#[N+]/C(C)=C1/CC[C@H]2[C@@H]3CC=C4C[C@@H](C)[C@@H](CO)C[C@]4(C)[C@H]3CC[C@]12C. The van der Waals surface area contributed by atoms with E-state index in [0.717, 1.165) is 108 Å². The summed E-state index contributed by atoms with van der Waals surface area (Å²) in [7, 11) is 0. The lowest BCUT2D eigenvalue weighted by Gasteiger charge is -2.60. The molecule has 0 aliphatic heterocycles. The van der Waals surface area contributed by atoms with Crippen molar-refractivity contribution in [2.24, 2.45) is 150 Å². The summed E-state index contributed by atoms with van der Waals surface area (Å²) in [4.78, 5) is 28.6. The second-order valence-electron chi connectivity index (χ2n) is 40.1. The van der Waals surface area contributed by atoms with Crippen LogP contribution in [0.4, 0.5) is 0 Å². The smallest absolute Gasteiger partial charge is 0.162 e. The van der Waals surface area contributed by atoms with Crippen LogP contribution in [0.15, 0.2) is 91.7 Å². The van der Waals surface area contributed by atoms with Crippen molar-refractivity contribution in [1.29, 1.82) is 0 Å². The zero-order valence-electron chi connectivity index (χ0n) is 66.2. The molecule has 0 spiro atoms. The third-order valence-corrected chi connectivity index (χ3v) is 35.5. The van der Waals surface area contributed by atoms with Crippen molar-refractivity contribution in [1.82, 2.24) is 0 Å². The van der Waals surface area contributed by atoms with Crippen LogP contribution in [0.25, 0.3) is 19.4 Å². The molecule has 0 heterocycles. The maximum atomic E-state index is 13.4. The molecule has 12 fully saturated rings. The molecule has 7 heteroatoms. The highest BCUT2D eigenvalue weighted by atomic mass is 16.3. The van der Waals surface area contributed by atoms with Crippen molar-refractivity contribution in [3.05, 3.63) is 137 Å². The Morgan fingerprint density at radius 3 is 1.20 bits per heavy atom. The molecule has 26 atom stereocenters. The molecular formula is C94H134N4O3. The number of ketones is 1. The zero-order chi connectivity index (χ0) is 72.5. The lowest BCUT2D eigenvalue weighted by atomic mass is 9.44. The minimum absolute atomic E-state index is 0.0590. The fourth-order valence-electron chi connectivity index (χ4n) is 30.1. The van der Waals surface area contributed by atoms with Gasteiger partial charge < -0.3 is 10.2 Å². The topological polar surface area (TPSA) is 75.0 Å². The number of hydrogen-bond donors (Lipinski definition) is 2. The van der Waals surface area contributed by atoms with Gasteiger partial charge in [0.2, 0.25) is 0 Å². The quantitative estimate of drug-likeness (QED) is 0.214. The molecule has 7 nitrogen and oxygen atoms in total. The van der Waals surface area contributed by atoms with E-state index in [4.69, 9.17) is 26.3 Å². The summed E-state index contributed by atoms with van der Waals surface area (Å²) in [5, 5.41) is 20.3. The van der Waals surface area contributed by atoms with Crippen LogP contribution in [0.3, 0.4) is 0 Å². The Morgan fingerprint density at radius 2 is 0.733 bits per heavy atom. The van der Waals surface area contributed by atoms with Crippen molar-refractivity contribution in [2.75, 3.05) is 13.2 Å². The van der Waals surface area contributed by atoms with Gasteiger partial charge in [-0.15, -0.1) is 0 Å². The number of aliphatic hydroxyl groups excluding tert-OH is 2. The van der Waals surface area contributed by atoms with E-state index in [1.807, 2.05) is 20.8 Å². The molecule has 0 radical (unpaired) electrons. The molecule has 0 saturated heterocycles. The molecule has 0 unspecified atom stereocenters. The first-order valence-electron chi connectivity index (χ1n) is 41.7. The second-order valence-corrected chi connectivity index (χ2v) is 40.1. The molecule has 548 valence electrons. The van der Waals surface area contributed by atoms with Crippen molar-refractivity contribution in [3.8, 4) is 0 Å². The highest BCUT2D eigenvalue weighted by molar-refractivity contribution is 5.85. The number of Topliss-reactive ketones (excluding diaryl/α,β-unsaturated/α-hetero) is 1. The zero-order valence-corrected chi connectivity index (χ0v) is 66.2. The number of carbonyl (C=O) groups excluding carboxylic acids is 1. The van der Waals surface area contributed by atoms with Crippen molar-refractivity contribution < 1.29 is 15.0 Å². The normalized spacial score (nSPS) is 49.0. The molecule has 0 amide bonds. The van der Waals surface area contributed by atoms with E-state index in [0.29, 0.717) is 94.4 Å². The minimum atomic E-state index is -0.0590. The summed E-state index contributed by atoms with van der Waals surface area (Å²) in [6.07, 6.45) is 45.7. The number of fused-ring (bicyclic) bond motifs is 20. The molecule has 101 heavy (non-hydrogen) atoms. The molecule has 2 N–H and O–H groups in total. The summed E-state index contributed by atoms with van der Waals surface area (Å²) in [6, 6.07) is 0. The molecular weight excluding hydrogens is 1230 g/mol. The third kappa shape index (κ3) is 11.9. The number of rotatable bonds is 2. The summed E-state index contributed by atoms with van der Waals surface area (Å²) < 4.78 is 0. The number of allylic oxidation sites excluding steroid dienone is 16. The number of hydrogen-bond acceptors (Lipinski definition) is 3. The highest BCUT2D eigenvalue weighted by Gasteiger charge is 2.64. The van der Waals surface area contributed by atoms with Crippen LogP contribution in [0.2, 0.25) is 0 Å². The van der Waals surface area contributed by atoms with E-state index >= 15 is 0 Å². The Hall–Kier alpha value is -4.53. The highest BCUT2D eigenvalue weighted by Crippen LogP contribution is 2.72. The molecule has 0 aromatic rings. The fraction of sp³-hybridized carbons (Fsp3) is 0.777. The van der Waals surface area contributed by atoms with Gasteiger partial charge in [-0.2, -0.15) is 0 Å². The van der Waals surface area contributed by atoms with Gasteiger partial charge in [-0.05, 0) is 351 Å². The van der Waals surface area contributed by atoms with Crippen molar-refractivity contribution >= 4 is 5.78 Å². The molecule has 0 aromatic carbocycles. The van der Waals surface area contributed by atoms with Gasteiger partial charge in [-0.3, -0.25) is 4.79 Å². The van der Waals surface area contributed by atoms with Crippen LogP contribution in [0.1, 0.15) is 297 Å². The molecule has 12 saturated carbocycles. The summed E-state index contributed by atoms with van der Waals surface area (Å²) in [5.41, 5.74) is 18.0. The average Bonchev–Trinajstić information content (AvgIpc) is 1.71. The lowest BCUT2D eigenvalue weighted by Crippen LogP contribution is -2.54. The standard InChI is InChI=1S/2C24H35NO.C23H31NO.C23H33N/c1-15-12-18-6-7-19-21-9-8-20(16(2)25-5)23(21,3)11-10-22(19)24(18,4)13-17(15)14-26;1-15-10-11-23(3)18(12-15)6-7-19-21-9-8-20(16(2)25-5)24(21,4)13-17(14-26)22(19)23;1-14-10-11-22(3)16(12-14)6-7-17-19-9-8-18(15(2)24-5)23(19,4)13-20(25)21(17)22;1-15-10-12-22(3)17(14-15)6-7-18-20-9-8-19(16(2)24-5)23(20,4)13-11-21(18)22/h2*6,15,17,19,21-22,26H,7-14H2,1-4H3;6,14,17,19,21H,7-13H2,1-4H3;6,15,18,20-21H,7-14H2,1-4H3/b2*20-16-;18-15-;19-16-/t15-,17-,19+,21+,22+,23-,24+;15-,17+,19-,21-,22-,23-,24+;14-,17-,19-,21+,22-,23+;15-,18-,20-,21-,22-,23+/m1000/s1. The Morgan fingerprint density at radius 1 is 0.396 bits per heavy atom. The van der Waals surface area contributed by atoms with E-state index < -0.39 is 0 Å². The van der Waals surface area contributed by atoms with E-state index in [9.17, 15) is 15.0 Å². The van der Waals surface area contributed by atoms with Crippen LogP contribution in [-0.2, 0) is 4.79 Å². The number of carbonyl (C=O) groups is 1. The predicted molar refractivity (Wildman–Crippen MR) is 413 cm³/mol. The van der Waals surface area contributed by atoms with E-state index in [2.05, 4.69) is 134 Å². The molecule has 16 aliphatic carbocycles. The number of aliphatic hydroxyl groups is 2. The maximum absolute atomic E-state index is 13.4. The van der Waals surface area contributed by atoms with Crippen LogP contribution >= 0.6 is 0 Å². The third-order valence-electron chi connectivity index (χ3n) is 35.5. The monoisotopic (exact) mass is 1370 g/mol. The Kier molecular flexibility index (Phi) is 20.5. The predicted octanol–water partition coefficient (Wildman–Crippen LogP) is 24.7. The van der Waals surface area contributed by atoms with E-state index in [-0.39, 0.29) is 27.6 Å². The van der Waals surface area contributed by atoms with Crippen LogP contribution < -0.4 is 0 Å². The molecule has 16 aliphatic rings. The van der Waals surface area contributed by atoms with Gasteiger partial charge in [0, 0.05) is 25.6 Å². The Labute approximate surface area is 614 Å². The summed E-state index contributed by atoms with van der Waals surface area (Å²) in [6.45, 7) is 67.9.